The first-order chi connectivity index (χ1) is 16.9. The van der Waals surface area contributed by atoms with Crippen LogP contribution in [0.5, 0.6) is 17.2 Å². The highest BCUT2D eigenvalue weighted by Gasteiger charge is 2.32. The number of aromatic amines is 1. The van der Waals surface area contributed by atoms with Gasteiger partial charge in [-0.2, -0.15) is 0 Å². The molecule has 0 saturated carbocycles. The van der Waals surface area contributed by atoms with E-state index in [1.54, 1.807) is 14.2 Å². The molecule has 1 heterocycles. The Hall–Kier alpha value is -3.63. The molecule has 1 atom stereocenters. The molecule has 2 aromatic carbocycles. The van der Waals surface area contributed by atoms with E-state index < -0.39 is 6.10 Å². The fourth-order valence-electron chi connectivity index (χ4n) is 4.25. The second-order valence-electron chi connectivity index (χ2n) is 9.32. The average molecular weight is 476 g/mol. The normalized spacial score (nSPS) is 14.2. The summed E-state index contributed by atoms with van der Waals surface area (Å²) in [5.74, 6) is 5.17. The van der Waals surface area contributed by atoms with Crippen LogP contribution in [0.3, 0.4) is 0 Å². The van der Waals surface area contributed by atoms with Crippen molar-refractivity contribution in [3.05, 3.63) is 41.5 Å². The molecule has 7 heteroatoms. The van der Waals surface area contributed by atoms with Crippen LogP contribution in [0.2, 0.25) is 0 Å². The Balaban J connectivity index is 1.83. The predicted octanol–water partition coefficient (Wildman–Crippen LogP) is 4.92. The Bertz CT molecular complexity index is 1280. The molecule has 1 aliphatic carbocycles. The van der Waals surface area contributed by atoms with Gasteiger partial charge in [-0.1, -0.05) is 24.9 Å². The summed E-state index contributed by atoms with van der Waals surface area (Å²) in [5.41, 5.74) is 5.45. The van der Waals surface area contributed by atoms with Gasteiger partial charge in [0.1, 0.15) is 18.1 Å². The second-order valence-corrected chi connectivity index (χ2v) is 9.32. The zero-order chi connectivity index (χ0) is 25.1. The van der Waals surface area contributed by atoms with E-state index in [4.69, 9.17) is 25.5 Å². The molecule has 0 aliphatic heterocycles. The van der Waals surface area contributed by atoms with E-state index in [1.807, 2.05) is 44.4 Å². The molecular formula is C28H33N3O4. The summed E-state index contributed by atoms with van der Waals surface area (Å²) >= 11 is 0. The molecule has 1 N–H and O–H groups in total. The number of fused-ring (bicyclic) bond motifs is 5. The zero-order valence-electron chi connectivity index (χ0n) is 21.3. The van der Waals surface area contributed by atoms with Gasteiger partial charge in [0.05, 0.1) is 19.9 Å². The van der Waals surface area contributed by atoms with Gasteiger partial charge in [-0.25, -0.2) is 0 Å². The van der Waals surface area contributed by atoms with Gasteiger partial charge < -0.3 is 28.9 Å². The van der Waals surface area contributed by atoms with Crippen LogP contribution in [-0.4, -0.2) is 63.2 Å². The van der Waals surface area contributed by atoms with Gasteiger partial charge >= 0.3 is 0 Å². The molecule has 184 valence electrons. The van der Waals surface area contributed by atoms with E-state index in [2.05, 4.69) is 34.8 Å². The molecule has 1 aromatic heterocycles. The van der Waals surface area contributed by atoms with Crippen molar-refractivity contribution in [3.63, 3.8) is 0 Å². The van der Waals surface area contributed by atoms with Gasteiger partial charge in [-0.05, 0) is 50.3 Å². The van der Waals surface area contributed by atoms with Crippen molar-refractivity contribution in [2.75, 3.05) is 41.5 Å². The average Bonchev–Trinajstić information content (AvgIpc) is 3.34. The lowest BCUT2D eigenvalue weighted by atomic mass is 10.1. The summed E-state index contributed by atoms with van der Waals surface area (Å²) in [6, 6.07) is 9.94. The van der Waals surface area contributed by atoms with Gasteiger partial charge in [0, 0.05) is 40.6 Å². The second kappa shape index (κ2) is 10.3. The van der Waals surface area contributed by atoms with Gasteiger partial charge in [0.25, 0.3) is 0 Å². The van der Waals surface area contributed by atoms with Crippen molar-refractivity contribution >= 4 is 16.6 Å². The molecule has 4 rings (SSSR count). The molecule has 0 bridgehead atoms. The number of terminal acetylenes is 1. The number of benzene rings is 2. The molecule has 3 aromatic rings. The minimum Gasteiger partial charge on any atom is -0.493 e. The van der Waals surface area contributed by atoms with E-state index in [9.17, 15) is 0 Å². The Kier molecular flexibility index (Phi) is 7.23. The largest absolute Gasteiger partial charge is 0.493 e. The summed E-state index contributed by atoms with van der Waals surface area (Å²) in [4.78, 5) is 11.5. The number of aromatic nitrogens is 1. The van der Waals surface area contributed by atoms with Crippen LogP contribution in [0.4, 0.5) is 0 Å². The van der Waals surface area contributed by atoms with Crippen LogP contribution in [0.25, 0.3) is 22.2 Å². The van der Waals surface area contributed by atoms with E-state index in [0.29, 0.717) is 29.7 Å². The fraction of sp³-hybridized carbons (Fsp3) is 0.393. The monoisotopic (exact) mass is 475 g/mol. The number of hydrogen-bond acceptors (Lipinski definition) is 6. The van der Waals surface area contributed by atoms with E-state index >= 15 is 0 Å². The molecule has 0 fully saturated rings. The number of methoxy groups -OCH3 is 2. The number of nitrogens with zero attached hydrogens (tertiary/aromatic N) is 2. The molecular weight excluding hydrogens is 442 g/mol. The molecule has 0 saturated heterocycles. The molecule has 0 amide bonds. The summed E-state index contributed by atoms with van der Waals surface area (Å²) < 4.78 is 17.1. The summed E-state index contributed by atoms with van der Waals surface area (Å²) in [6.07, 6.45) is 6.04. The number of likely N-dealkylation sites (N-methyl/N-ethyl adjacent to an activating group) is 1. The van der Waals surface area contributed by atoms with Crippen molar-refractivity contribution in [2.45, 2.75) is 26.4 Å². The highest BCUT2D eigenvalue weighted by molar-refractivity contribution is 6.30. The Morgan fingerprint density at radius 3 is 2.40 bits per heavy atom. The third kappa shape index (κ3) is 4.94. The van der Waals surface area contributed by atoms with Crippen molar-refractivity contribution in [1.29, 1.82) is 0 Å². The Labute approximate surface area is 207 Å². The smallest absolute Gasteiger partial charge is 0.187 e. The summed E-state index contributed by atoms with van der Waals surface area (Å²) in [6.45, 7) is 5.65. The molecule has 0 radical (unpaired) electrons. The summed E-state index contributed by atoms with van der Waals surface area (Å²) in [7, 11) is 7.30. The van der Waals surface area contributed by atoms with Crippen molar-refractivity contribution < 1.29 is 19.0 Å². The van der Waals surface area contributed by atoms with Gasteiger partial charge in [-0.15, -0.1) is 6.42 Å². The number of nitrogens with one attached hydrogen (secondary N) is 1. The fourth-order valence-corrected chi connectivity index (χ4v) is 4.25. The Morgan fingerprint density at radius 1 is 1.06 bits per heavy atom. The lowest BCUT2D eigenvalue weighted by Gasteiger charge is -2.13. The molecule has 0 spiro atoms. The minimum atomic E-state index is -0.412. The van der Waals surface area contributed by atoms with Gasteiger partial charge in [0.15, 0.2) is 17.6 Å². The lowest BCUT2D eigenvalue weighted by Crippen LogP contribution is -2.19. The van der Waals surface area contributed by atoms with Gasteiger partial charge in [0.2, 0.25) is 0 Å². The van der Waals surface area contributed by atoms with Crippen LogP contribution >= 0.6 is 0 Å². The standard InChI is InChI=1S/C28H33N3O4/c1-8-18(13-17(2)3)35-30-28-21-16-25(33-7)24(32-6)15-20(21)27-26(28)22-14-19(9-10-23(22)29-27)34-12-11-31(4)5/h1,9-10,14-18,29H,11-13H2,2-7H3/b30-28-. The highest BCUT2D eigenvalue weighted by atomic mass is 16.6. The van der Waals surface area contributed by atoms with Crippen molar-refractivity contribution in [1.82, 2.24) is 9.88 Å². The van der Waals surface area contributed by atoms with E-state index in [0.717, 1.165) is 52.0 Å². The van der Waals surface area contributed by atoms with Crippen LogP contribution in [0.15, 0.2) is 35.5 Å². The number of hydrogen-bond donors (Lipinski definition) is 1. The topological polar surface area (TPSA) is 68.3 Å². The minimum absolute atomic E-state index is 0.391. The van der Waals surface area contributed by atoms with Crippen LogP contribution in [-0.2, 0) is 4.84 Å². The van der Waals surface area contributed by atoms with Gasteiger partial charge in [-0.3, -0.25) is 0 Å². The Morgan fingerprint density at radius 2 is 1.77 bits per heavy atom. The third-order valence-corrected chi connectivity index (χ3v) is 6.00. The number of H-pyrrole nitrogens is 1. The highest BCUT2D eigenvalue weighted by Crippen LogP contribution is 2.46. The maximum absolute atomic E-state index is 6.01. The molecule has 1 unspecified atom stereocenters. The third-order valence-electron chi connectivity index (χ3n) is 6.00. The van der Waals surface area contributed by atoms with Crippen LogP contribution in [0.1, 0.15) is 31.4 Å². The van der Waals surface area contributed by atoms with E-state index in [1.165, 1.54) is 0 Å². The van der Waals surface area contributed by atoms with E-state index in [-0.39, 0.29) is 0 Å². The first kappa shape index (κ1) is 24.5. The van der Waals surface area contributed by atoms with Crippen molar-refractivity contribution in [3.8, 4) is 40.8 Å². The lowest BCUT2D eigenvalue weighted by molar-refractivity contribution is 0.0845. The maximum atomic E-state index is 6.01. The maximum Gasteiger partial charge on any atom is 0.187 e. The predicted molar refractivity (Wildman–Crippen MR) is 140 cm³/mol. The number of oxime groups is 1. The summed E-state index contributed by atoms with van der Waals surface area (Å²) in [5, 5.41) is 5.61. The first-order valence-corrected chi connectivity index (χ1v) is 11.8. The zero-order valence-corrected chi connectivity index (χ0v) is 21.3. The van der Waals surface area contributed by atoms with Crippen molar-refractivity contribution in [2.24, 2.45) is 11.1 Å². The van der Waals surface area contributed by atoms with Crippen LogP contribution < -0.4 is 14.2 Å². The first-order valence-electron chi connectivity index (χ1n) is 11.8. The van der Waals surface area contributed by atoms with Crippen LogP contribution in [0, 0.1) is 18.3 Å². The SMILES string of the molecule is C#CC(CC(C)C)O/N=C1/c2cc(OC)c(OC)cc2-c2[nH]c3ccc(OCCN(C)C)cc3c21. The molecule has 1 aliphatic rings. The quantitative estimate of drug-likeness (QED) is 0.260. The number of ether oxygens (including phenoxy) is 3. The molecule has 7 nitrogen and oxygen atoms in total. The number of rotatable bonds is 10. The molecule has 35 heavy (non-hydrogen) atoms.